The van der Waals surface area contributed by atoms with E-state index in [-0.39, 0.29) is 5.75 Å². The molecule has 0 fully saturated rings. The van der Waals surface area contributed by atoms with Crippen molar-refractivity contribution < 1.29 is 9.84 Å². The molecule has 1 heterocycles. The Morgan fingerprint density at radius 3 is 2.81 bits per heavy atom. The number of ether oxygens (including phenoxy) is 1. The molecule has 0 saturated carbocycles. The first-order valence-electron chi connectivity index (χ1n) is 4.76. The largest absolute Gasteiger partial charge is 0.504 e. The Kier molecular flexibility index (Phi) is 3.41. The van der Waals surface area contributed by atoms with Crippen molar-refractivity contribution in [2.45, 2.75) is 6.61 Å². The fourth-order valence-corrected chi connectivity index (χ4v) is 1.62. The van der Waals surface area contributed by atoms with Crippen LogP contribution in [0, 0.1) is 0 Å². The maximum atomic E-state index is 9.51. The lowest BCUT2D eigenvalue weighted by Gasteiger charge is -2.08. The van der Waals surface area contributed by atoms with Crippen LogP contribution in [0.4, 0.5) is 0 Å². The predicted octanol–water partition coefficient (Wildman–Crippen LogP) is 3.13. The average Bonchev–Trinajstić information content (AvgIpc) is 2.30. The fourth-order valence-electron chi connectivity index (χ4n) is 1.26. The molecule has 4 heteroatoms. The molecule has 1 aromatic heterocycles. The molecule has 0 spiro atoms. The summed E-state index contributed by atoms with van der Waals surface area (Å²) in [6.45, 7) is 0.390. The number of aromatic hydroxyl groups is 1. The minimum atomic E-state index is 0.146. The van der Waals surface area contributed by atoms with Crippen LogP contribution in [0.1, 0.15) is 5.56 Å². The zero-order chi connectivity index (χ0) is 11.4. The van der Waals surface area contributed by atoms with Gasteiger partial charge in [0, 0.05) is 22.4 Å². The highest BCUT2D eigenvalue weighted by Crippen LogP contribution is 2.26. The fraction of sp³-hybridized carbons (Fsp3) is 0.0833. The predicted molar refractivity (Wildman–Crippen MR) is 64.4 cm³/mol. The van der Waals surface area contributed by atoms with Gasteiger partial charge < -0.3 is 9.84 Å². The number of nitrogens with zero attached hydrogens (tertiary/aromatic N) is 1. The van der Waals surface area contributed by atoms with Gasteiger partial charge in [0.25, 0.3) is 0 Å². The van der Waals surface area contributed by atoms with Crippen molar-refractivity contribution in [1.82, 2.24) is 4.98 Å². The van der Waals surface area contributed by atoms with Crippen LogP contribution in [0.5, 0.6) is 11.5 Å². The van der Waals surface area contributed by atoms with Gasteiger partial charge >= 0.3 is 0 Å². The molecule has 0 bridgehead atoms. The van der Waals surface area contributed by atoms with E-state index in [1.54, 1.807) is 30.6 Å². The van der Waals surface area contributed by atoms with Crippen LogP contribution in [0.15, 0.2) is 47.2 Å². The van der Waals surface area contributed by atoms with Gasteiger partial charge in [-0.3, -0.25) is 4.98 Å². The maximum Gasteiger partial charge on any atom is 0.161 e. The molecule has 0 aliphatic carbocycles. The van der Waals surface area contributed by atoms with E-state index >= 15 is 0 Å². The summed E-state index contributed by atoms with van der Waals surface area (Å²) in [4.78, 5) is 3.97. The van der Waals surface area contributed by atoms with Crippen molar-refractivity contribution in [2.75, 3.05) is 0 Å². The molecule has 82 valence electrons. The molecule has 1 N–H and O–H groups in total. The Morgan fingerprint density at radius 1 is 1.25 bits per heavy atom. The van der Waals surface area contributed by atoms with Gasteiger partial charge in [0.15, 0.2) is 11.5 Å². The highest BCUT2D eigenvalue weighted by molar-refractivity contribution is 9.10. The van der Waals surface area contributed by atoms with Gasteiger partial charge in [-0.25, -0.2) is 0 Å². The van der Waals surface area contributed by atoms with Crippen LogP contribution < -0.4 is 4.74 Å². The summed E-state index contributed by atoms with van der Waals surface area (Å²) in [5.74, 6) is 0.624. The molecule has 0 aliphatic heterocycles. The Morgan fingerprint density at radius 2 is 2.06 bits per heavy atom. The highest BCUT2D eigenvalue weighted by Gasteiger charge is 2.03. The Labute approximate surface area is 102 Å². The molecule has 0 atom stereocenters. The van der Waals surface area contributed by atoms with Gasteiger partial charge in [-0.05, 0) is 34.1 Å². The summed E-state index contributed by atoms with van der Waals surface area (Å²) in [6, 6.07) is 8.76. The van der Waals surface area contributed by atoms with Crippen molar-refractivity contribution in [3.63, 3.8) is 0 Å². The van der Waals surface area contributed by atoms with E-state index in [0.717, 1.165) is 10.0 Å². The minimum Gasteiger partial charge on any atom is -0.504 e. The number of phenolic OH excluding ortho intramolecular Hbond substituents is 1. The first kappa shape index (κ1) is 11.0. The van der Waals surface area contributed by atoms with Gasteiger partial charge in [-0.2, -0.15) is 0 Å². The molecule has 3 nitrogen and oxygen atoms in total. The number of rotatable bonds is 3. The summed E-state index contributed by atoms with van der Waals surface area (Å²) in [5.41, 5.74) is 0.984. The standard InChI is InChI=1S/C12H10BrNO2/c13-10-7-14-6-5-9(10)8-16-12-4-2-1-3-11(12)15/h1-7,15H,8H2. The second-order valence-electron chi connectivity index (χ2n) is 3.22. The van der Waals surface area contributed by atoms with Crippen molar-refractivity contribution in [3.05, 3.63) is 52.8 Å². The van der Waals surface area contributed by atoms with E-state index < -0.39 is 0 Å². The second kappa shape index (κ2) is 4.99. The number of hydrogen-bond donors (Lipinski definition) is 1. The highest BCUT2D eigenvalue weighted by atomic mass is 79.9. The number of pyridine rings is 1. The van der Waals surface area contributed by atoms with E-state index in [1.165, 1.54) is 0 Å². The third-order valence-corrected chi connectivity index (χ3v) is 2.82. The summed E-state index contributed by atoms with van der Waals surface area (Å²) < 4.78 is 6.39. The number of hydrogen-bond acceptors (Lipinski definition) is 3. The lowest BCUT2D eigenvalue weighted by molar-refractivity contribution is 0.288. The quantitative estimate of drug-likeness (QED) is 0.939. The van der Waals surface area contributed by atoms with Crippen LogP contribution in [-0.4, -0.2) is 10.1 Å². The molecule has 16 heavy (non-hydrogen) atoms. The van der Waals surface area contributed by atoms with Gasteiger partial charge in [-0.1, -0.05) is 12.1 Å². The van der Waals surface area contributed by atoms with E-state index in [1.807, 2.05) is 12.1 Å². The van der Waals surface area contributed by atoms with E-state index in [9.17, 15) is 5.11 Å². The second-order valence-corrected chi connectivity index (χ2v) is 4.08. The molecule has 2 aromatic rings. The molecule has 0 unspecified atom stereocenters. The normalized spacial score (nSPS) is 10.1. The van der Waals surface area contributed by atoms with Crippen LogP contribution in [-0.2, 0) is 6.61 Å². The summed E-state index contributed by atoms with van der Waals surface area (Å²) in [5, 5.41) is 9.51. The number of phenols is 1. The molecule has 0 radical (unpaired) electrons. The lowest BCUT2D eigenvalue weighted by atomic mass is 10.3. The molecule has 0 amide bonds. The number of halogens is 1. The average molecular weight is 280 g/mol. The van der Waals surface area contributed by atoms with E-state index in [2.05, 4.69) is 20.9 Å². The van der Waals surface area contributed by atoms with Crippen molar-refractivity contribution in [3.8, 4) is 11.5 Å². The Hall–Kier alpha value is -1.55. The lowest BCUT2D eigenvalue weighted by Crippen LogP contribution is -1.96. The summed E-state index contributed by atoms with van der Waals surface area (Å²) >= 11 is 3.38. The van der Waals surface area contributed by atoms with Crippen LogP contribution in [0.25, 0.3) is 0 Å². The minimum absolute atomic E-state index is 0.146. The summed E-state index contributed by atoms with van der Waals surface area (Å²) in [7, 11) is 0. The Bertz CT molecular complexity index is 442. The number of aromatic nitrogens is 1. The van der Waals surface area contributed by atoms with Gasteiger partial charge in [0.05, 0.1) is 0 Å². The number of para-hydroxylation sites is 2. The van der Waals surface area contributed by atoms with Crippen molar-refractivity contribution in [2.24, 2.45) is 0 Å². The van der Waals surface area contributed by atoms with Crippen LogP contribution in [0.3, 0.4) is 0 Å². The molecule has 1 aromatic carbocycles. The third-order valence-electron chi connectivity index (χ3n) is 2.10. The van der Waals surface area contributed by atoms with E-state index in [0.29, 0.717) is 12.4 Å². The van der Waals surface area contributed by atoms with Gasteiger partial charge in [-0.15, -0.1) is 0 Å². The first-order valence-corrected chi connectivity index (χ1v) is 5.56. The first-order chi connectivity index (χ1) is 7.77. The monoisotopic (exact) mass is 279 g/mol. The molecular formula is C12H10BrNO2. The van der Waals surface area contributed by atoms with Crippen LogP contribution >= 0.6 is 15.9 Å². The maximum absolute atomic E-state index is 9.51. The summed E-state index contributed by atoms with van der Waals surface area (Å²) in [6.07, 6.45) is 3.41. The SMILES string of the molecule is Oc1ccccc1OCc1ccncc1Br. The molecule has 0 aliphatic rings. The molecular weight excluding hydrogens is 270 g/mol. The zero-order valence-electron chi connectivity index (χ0n) is 8.43. The third kappa shape index (κ3) is 2.52. The Balaban J connectivity index is 2.09. The molecule has 2 rings (SSSR count). The molecule has 0 saturated heterocycles. The van der Waals surface area contributed by atoms with Gasteiger partial charge in [0.1, 0.15) is 6.61 Å². The van der Waals surface area contributed by atoms with Gasteiger partial charge in [0.2, 0.25) is 0 Å². The van der Waals surface area contributed by atoms with E-state index in [4.69, 9.17) is 4.74 Å². The zero-order valence-corrected chi connectivity index (χ0v) is 10.0. The topological polar surface area (TPSA) is 42.4 Å². The smallest absolute Gasteiger partial charge is 0.161 e. The van der Waals surface area contributed by atoms with Crippen molar-refractivity contribution >= 4 is 15.9 Å². The number of benzene rings is 1. The van der Waals surface area contributed by atoms with Crippen LogP contribution in [0.2, 0.25) is 0 Å². The van der Waals surface area contributed by atoms with Crippen molar-refractivity contribution in [1.29, 1.82) is 0 Å².